The van der Waals surface area contributed by atoms with E-state index in [1.165, 1.54) is 5.56 Å². The molecule has 0 saturated carbocycles. The smallest absolute Gasteiger partial charge is 0.288 e. The van der Waals surface area contributed by atoms with Gasteiger partial charge in [-0.15, -0.1) is 0 Å². The van der Waals surface area contributed by atoms with Crippen LogP contribution in [-0.2, 0) is 20.8 Å². The van der Waals surface area contributed by atoms with Crippen LogP contribution in [0.1, 0.15) is 36.8 Å². The number of aliphatic hydroxyl groups excluding tert-OH is 1. The Labute approximate surface area is 218 Å². The number of carbonyl (C=O) groups is 1. The molecule has 5 rings (SSSR count). The molecule has 1 N–H and O–H groups in total. The van der Waals surface area contributed by atoms with Gasteiger partial charge in [0.2, 0.25) is 13.1 Å². The van der Waals surface area contributed by atoms with Gasteiger partial charge >= 0.3 is 0 Å². The third-order valence-electron chi connectivity index (χ3n) is 7.31. The van der Waals surface area contributed by atoms with Crippen molar-refractivity contribution in [1.29, 1.82) is 0 Å². The second kappa shape index (κ2) is 12.0. The quantitative estimate of drug-likeness (QED) is 0.555. The highest BCUT2D eigenvalue weighted by molar-refractivity contribution is 5.92. The molecule has 8 heteroatoms. The number of aliphatic hydroxyl groups is 1. The molecule has 1 saturated heterocycles. The first-order valence-corrected chi connectivity index (χ1v) is 13.2. The topological polar surface area (TPSA) is 80.7 Å². The average molecular weight is 509 g/mol. The predicted octanol–water partition coefficient (Wildman–Crippen LogP) is 3.51. The number of piperazine rings is 1. The van der Waals surface area contributed by atoms with Crippen molar-refractivity contribution >= 4 is 5.91 Å². The molecule has 3 atom stereocenters. The first-order valence-electron chi connectivity index (χ1n) is 13.2. The van der Waals surface area contributed by atoms with Gasteiger partial charge in [0.25, 0.3) is 5.91 Å². The summed E-state index contributed by atoms with van der Waals surface area (Å²) in [6, 6.07) is 16.2. The van der Waals surface area contributed by atoms with Crippen LogP contribution in [0, 0.1) is 5.92 Å². The van der Waals surface area contributed by atoms with E-state index in [2.05, 4.69) is 23.1 Å². The van der Waals surface area contributed by atoms with Gasteiger partial charge in [0.1, 0.15) is 0 Å². The summed E-state index contributed by atoms with van der Waals surface area (Å²) in [6.45, 7) is 6.43. The Morgan fingerprint density at radius 1 is 1.05 bits per heavy atom. The minimum atomic E-state index is -0.530. The summed E-state index contributed by atoms with van der Waals surface area (Å²) in [5.74, 6) is 1.85. The zero-order valence-corrected chi connectivity index (χ0v) is 21.4. The molecular weight excluding hydrogens is 472 g/mol. The fourth-order valence-corrected chi connectivity index (χ4v) is 5.38. The van der Waals surface area contributed by atoms with Crippen LogP contribution in [0.15, 0.2) is 60.4 Å². The second-order valence-corrected chi connectivity index (χ2v) is 9.69. The van der Waals surface area contributed by atoms with Gasteiger partial charge in [-0.3, -0.25) is 9.69 Å². The summed E-state index contributed by atoms with van der Waals surface area (Å²) in [5.41, 5.74) is 2.29. The number of amides is 1. The van der Waals surface area contributed by atoms with Crippen molar-refractivity contribution in [2.45, 2.75) is 38.5 Å². The van der Waals surface area contributed by atoms with Crippen molar-refractivity contribution in [1.82, 2.24) is 9.80 Å². The van der Waals surface area contributed by atoms with Crippen molar-refractivity contribution < 1.29 is 28.8 Å². The molecule has 0 bridgehead atoms. The Bertz CT molecular complexity index is 1080. The van der Waals surface area contributed by atoms with Gasteiger partial charge in [-0.05, 0) is 49.1 Å². The molecule has 8 nitrogen and oxygen atoms in total. The molecule has 2 aromatic carbocycles. The minimum absolute atomic E-state index is 0.0181. The lowest BCUT2D eigenvalue weighted by atomic mass is 9.80. The van der Waals surface area contributed by atoms with Crippen molar-refractivity contribution in [2.75, 3.05) is 46.2 Å². The summed E-state index contributed by atoms with van der Waals surface area (Å²) >= 11 is 0. The minimum Gasteiger partial charge on any atom is -0.459 e. The van der Waals surface area contributed by atoms with E-state index < -0.39 is 6.29 Å². The van der Waals surface area contributed by atoms with E-state index in [1.807, 2.05) is 48.2 Å². The summed E-state index contributed by atoms with van der Waals surface area (Å²) in [6.07, 6.45) is 2.84. The number of carbonyl (C=O) groups excluding carboxylic acids is 1. The van der Waals surface area contributed by atoms with Crippen molar-refractivity contribution in [3.63, 3.8) is 0 Å². The van der Waals surface area contributed by atoms with Gasteiger partial charge < -0.3 is 29.0 Å². The Hall–Kier alpha value is -3.07. The van der Waals surface area contributed by atoms with Crippen molar-refractivity contribution in [2.24, 2.45) is 5.92 Å². The average Bonchev–Trinajstić information content (AvgIpc) is 3.41. The van der Waals surface area contributed by atoms with Crippen LogP contribution < -0.4 is 9.47 Å². The van der Waals surface area contributed by atoms with Crippen LogP contribution in [0.2, 0.25) is 0 Å². The molecule has 2 aromatic rings. The molecule has 0 unspecified atom stereocenters. The molecule has 0 spiro atoms. The maximum atomic E-state index is 13.6. The molecule has 3 aliphatic rings. The van der Waals surface area contributed by atoms with Crippen LogP contribution >= 0.6 is 0 Å². The molecule has 1 amide bonds. The van der Waals surface area contributed by atoms with Crippen LogP contribution in [-0.4, -0.2) is 73.3 Å². The Balaban J connectivity index is 1.26. The molecule has 3 heterocycles. The third kappa shape index (κ3) is 5.92. The first kappa shape index (κ1) is 25.6. The van der Waals surface area contributed by atoms with Gasteiger partial charge in [-0.1, -0.05) is 36.4 Å². The molecule has 37 heavy (non-hydrogen) atoms. The van der Waals surface area contributed by atoms with E-state index in [0.29, 0.717) is 31.9 Å². The number of ether oxygens (including phenoxy) is 4. The van der Waals surface area contributed by atoms with Crippen molar-refractivity contribution in [3.8, 4) is 11.5 Å². The summed E-state index contributed by atoms with van der Waals surface area (Å²) in [7, 11) is 0. The first-order chi connectivity index (χ1) is 18.2. The van der Waals surface area contributed by atoms with E-state index in [0.717, 1.165) is 43.1 Å². The molecule has 0 aromatic heterocycles. The lowest BCUT2D eigenvalue weighted by Gasteiger charge is -2.39. The normalized spacial score (nSPS) is 23.5. The molecule has 1 fully saturated rings. The Morgan fingerprint density at radius 2 is 1.84 bits per heavy atom. The van der Waals surface area contributed by atoms with Crippen molar-refractivity contribution in [3.05, 3.63) is 71.5 Å². The number of nitrogens with zero attached hydrogens (tertiary/aromatic N) is 2. The lowest BCUT2D eigenvalue weighted by molar-refractivity contribution is -0.171. The van der Waals surface area contributed by atoms with Crippen LogP contribution in [0.5, 0.6) is 11.5 Å². The van der Waals surface area contributed by atoms with Gasteiger partial charge in [-0.25, -0.2) is 0 Å². The van der Waals surface area contributed by atoms with Gasteiger partial charge in [0.15, 0.2) is 17.3 Å². The lowest BCUT2D eigenvalue weighted by Crippen LogP contribution is -2.49. The highest BCUT2D eigenvalue weighted by atomic mass is 16.7. The Kier molecular flexibility index (Phi) is 8.28. The van der Waals surface area contributed by atoms with E-state index in [-0.39, 0.29) is 31.1 Å². The van der Waals surface area contributed by atoms with E-state index in [4.69, 9.17) is 18.9 Å². The van der Waals surface area contributed by atoms with E-state index >= 15 is 0 Å². The SMILES string of the molecule is CCO[C@@H]1OC(C(=O)N2CCN(Cc3ccc4c(c3)OCO4)CC2)=C[C@H](c2ccccc2)[C@H]1CCCO. The number of hydrogen-bond donors (Lipinski definition) is 1. The number of benzene rings is 2. The van der Waals surface area contributed by atoms with Gasteiger partial charge in [0.05, 0.1) is 0 Å². The molecule has 0 radical (unpaired) electrons. The highest BCUT2D eigenvalue weighted by Crippen LogP contribution is 2.40. The maximum absolute atomic E-state index is 13.6. The van der Waals surface area contributed by atoms with Crippen LogP contribution in [0.25, 0.3) is 0 Å². The van der Waals surface area contributed by atoms with E-state index in [1.54, 1.807) is 0 Å². The van der Waals surface area contributed by atoms with Gasteiger partial charge in [-0.2, -0.15) is 0 Å². The number of fused-ring (bicyclic) bond motifs is 1. The highest BCUT2D eigenvalue weighted by Gasteiger charge is 2.39. The summed E-state index contributed by atoms with van der Waals surface area (Å²) < 4.78 is 23.1. The Morgan fingerprint density at radius 3 is 2.59 bits per heavy atom. The van der Waals surface area contributed by atoms with E-state index in [9.17, 15) is 9.90 Å². The largest absolute Gasteiger partial charge is 0.459 e. The monoisotopic (exact) mass is 508 g/mol. The fourth-order valence-electron chi connectivity index (χ4n) is 5.38. The molecule has 3 aliphatic heterocycles. The molecule has 0 aliphatic carbocycles. The maximum Gasteiger partial charge on any atom is 0.288 e. The summed E-state index contributed by atoms with van der Waals surface area (Å²) in [4.78, 5) is 17.8. The molecular formula is C29H36N2O6. The second-order valence-electron chi connectivity index (χ2n) is 9.69. The number of allylic oxidation sites excluding steroid dienone is 1. The number of rotatable bonds is 9. The summed E-state index contributed by atoms with van der Waals surface area (Å²) in [5, 5.41) is 9.46. The van der Waals surface area contributed by atoms with Crippen LogP contribution in [0.3, 0.4) is 0 Å². The standard InChI is InChI=1S/C29H36N2O6/c1-2-34-29-23(9-6-16-32)24(22-7-4-3-5-8-22)18-27(37-29)28(33)31-14-12-30(13-15-31)19-21-10-11-25-26(17-21)36-20-35-25/h3-5,7-8,10-11,17-18,23-24,29,32H,2,6,9,12-16,19-20H2,1H3/t23-,24-,29-/m1/s1. The number of hydrogen-bond acceptors (Lipinski definition) is 7. The van der Waals surface area contributed by atoms with Gasteiger partial charge in [0, 0.05) is 57.8 Å². The van der Waals surface area contributed by atoms with Crippen LogP contribution in [0.4, 0.5) is 0 Å². The molecule has 198 valence electrons. The zero-order chi connectivity index (χ0) is 25.6. The predicted molar refractivity (Wildman–Crippen MR) is 138 cm³/mol. The zero-order valence-electron chi connectivity index (χ0n) is 21.4. The fraction of sp³-hybridized carbons (Fsp3) is 0.483. The third-order valence-corrected chi connectivity index (χ3v) is 7.31.